The first kappa shape index (κ1) is 11.9. The number of rotatable bonds is 2. The van der Waals surface area contributed by atoms with Gasteiger partial charge in [0.1, 0.15) is 10.7 Å². The molecule has 2 aromatic rings. The predicted molar refractivity (Wildman–Crippen MR) is 66.1 cm³/mol. The first-order valence-electron chi connectivity index (χ1n) is 4.57. The summed E-state index contributed by atoms with van der Waals surface area (Å²) in [5, 5.41) is 9.10. The molecule has 0 atom stereocenters. The van der Waals surface area contributed by atoms with Gasteiger partial charge in [0.2, 0.25) is 0 Å². The number of carbonyl (C=O) groups is 1. The van der Waals surface area contributed by atoms with Crippen molar-refractivity contribution in [2.45, 2.75) is 0 Å². The fourth-order valence-corrected chi connectivity index (χ4v) is 2.68. The molecule has 3 nitrogen and oxygen atoms in total. The fourth-order valence-electron chi connectivity index (χ4n) is 1.39. The van der Waals surface area contributed by atoms with Crippen LogP contribution in [0.1, 0.15) is 9.67 Å². The number of hydrogen-bond donors (Lipinski definition) is 2. The second kappa shape index (κ2) is 4.35. The summed E-state index contributed by atoms with van der Waals surface area (Å²) in [5.41, 5.74) is 6.32. The Morgan fingerprint density at radius 2 is 2.12 bits per heavy atom. The van der Waals surface area contributed by atoms with Crippen molar-refractivity contribution in [3.63, 3.8) is 0 Å². The van der Waals surface area contributed by atoms with E-state index in [1.807, 2.05) is 0 Å². The summed E-state index contributed by atoms with van der Waals surface area (Å²) in [6.07, 6.45) is 0. The number of hydrogen-bond acceptors (Lipinski definition) is 3. The number of nitrogen functional groups attached to an aromatic ring is 1. The molecule has 17 heavy (non-hydrogen) atoms. The first-order valence-corrected chi connectivity index (χ1v) is 5.76. The molecular weight excluding hydrogens is 265 g/mol. The molecule has 0 saturated heterocycles. The van der Waals surface area contributed by atoms with Gasteiger partial charge in [-0.2, -0.15) is 0 Å². The van der Waals surface area contributed by atoms with E-state index in [1.165, 1.54) is 24.3 Å². The number of halogens is 2. The molecule has 0 spiro atoms. The van der Waals surface area contributed by atoms with Crippen LogP contribution in [0, 0.1) is 5.82 Å². The number of benzene rings is 1. The Morgan fingerprint density at radius 3 is 2.65 bits per heavy atom. The highest BCUT2D eigenvalue weighted by atomic mass is 35.5. The van der Waals surface area contributed by atoms with E-state index in [2.05, 4.69) is 0 Å². The van der Waals surface area contributed by atoms with Gasteiger partial charge in [-0.3, -0.25) is 0 Å². The van der Waals surface area contributed by atoms with Crippen molar-refractivity contribution in [1.82, 2.24) is 0 Å². The van der Waals surface area contributed by atoms with Crippen LogP contribution in [0.2, 0.25) is 5.02 Å². The number of nitrogens with two attached hydrogens (primary N) is 1. The smallest absolute Gasteiger partial charge is 0.348 e. The monoisotopic (exact) mass is 271 g/mol. The van der Waals surface area contributed by atoms with E-state index < -0.39 is 11.8 Å². The molecule has 3 N–H and O–H groups in total. The molecule has 0 bridgehead atoms. The van der Waals surface area contributed by atoms with E-state index in [0.717, 1.165) is 11.3 Å². The lowest BCUT2D eigenvalue weighted by Crippen LogP contribution is -1.96. The molecule has 0 fully saturated rings. The first-order chi connectivity index (χ1) is 7.99. The molecule has 0 radical (unpaired) electrons. The third-order valence-electron chi connectivity index (χ3n) is 2.15. The van der Waals surface area contributed by atoms with Crippen molar-refractivity contribution in [2.75, 3.05) is 5.73 Å². The number of aromatic carboxylic acids is 1. The maximum Gasteiger partial charge on any atom is 0.348 e. The van der Waals surface area contributed by atoms with Crippen LogP contribution in [-0.2, 0) is 0 Å². The maximum absolute atomic E-state index is 12.9. The van der Waals surface area contributed by atoms with E-state index in [0.29, 0.717) is 10.4 Å². The highest BCUT2D eigenvalue weighted by Gasteiger charge is 2.15. The van der Waals surface area contributed by atoms with Gasteiger partial charge in [-0.1, -0.05) is 11.6 Å². The third kappa shape index (κ3) is 2.25. The molecule has 0 aliphatic heterocycles. The Bertz CT molecular complexity index is 597. The van der Waals surface area contributed by atoms with Crippen LogP contribution in [-0.4, -0.2) is 11.1 Å². The molecule has 0 saturated carbocycles. The summed E-state index contributed by atoms with van der Waals surface area (Å²) in [7, 11) is 0. The minimum atomic E-state index is -1.09. The van der Waals surface area contributed by atoms with Gasteiger partial charge in [-0.05, 0) is 24.3 Å². The Balaban J connectivity index is 2.53. The average molecular weight is 272 g/mol. The van der Waals surface area contributed by atoms with Gasteiger partial charge >= 0.3 is 5.97 Å². The largest absolute Gasteiger partial charge is 0.477 e. The molecule has 1 heterocycles. The van der Waals surface area contributed by atoms with Crippen LogP contribution in [0.3, 0.4) is 0 Å². The van der Waals surface area contributed by atoms with Gasteiger partial charge in [-0.25, -0.2) is 9.18 Å². The number of carboxylic acid groups (broad SMARTS) is 1. The van der Waals surface area contributed by atoms with E-state index in [-0.39, 0.29) is 15.6 Å². The van der Waals surface area contributed by atoms with Crippen LogP contribution in [0.25, 0.3) is 10.4 Å². The van der Waals surface area contributed by atoms with Crippen molar-refractivity contribution < 1.29 is 14.3 Å². The molecule has 1 aromatic carbocycles. The summed E-state index contributed by atoms with van der Waals surface area (Å²) >= 11 is 6.89. The quantitative estimate of drug-likeness (QED) is 0.879. The van der Waals surface area contributed by atoms with Gasteiger partial charge in [0.15, 0.2) is 0 Å². The van der Waals surface area contributed by atoms with Crippen molar-refractivity contribution in [2.24, 2.45) is 0 Å². The molecule has 0 unspecified atom stereocenters. The van der Waals surface area contributed by atoms with E-state index in [1.54, 1.807) is 0 Å². The van der Waals surface area contributed by atoms with Crippen molar-refractivity contribution in [3.05, 3.63) is 40.0 Å². The summed E-state index contributed by atoms with van der Waals surface area (Å²) in [5.74, 6) is -1.53. The van der Waals surface area contributed by atoms with Crippen molar-refractivity contribution in [1.29, 1.82) is 0 Å². The molecule has 0 amide bonds. The summed E-state index contributed by atoms with van der Waals surface area (Å²) in [4.78, 5) is 11.5. The number of carboxylic acids is 1. The molecular formula is C11H7ClFNO2S. The Morgan fingerprint density at radius 1 is 1.41 bits per heavy atom. The lowest BCUT2D eigenvalue weighted by Gasteiger charge is -2.00. The number of thiophene rings is 1. The van der Waals surface area contributed by atoms with E-state index in [4.69, 9.17) is 22.4 Å². The van der Waals surface area contributed by atoms with E-state index >= 15 is 0 Å². The third-order valence-corrected chi connectivity index (χ3v) is 3.64. The Labute approximate surface area is 105 Å². The van der Waals surface area contributed by atoms with Gasteiger partial charge in [0, 0.05) is 10.4 Å². The zero-order valence-electron chi connectivity index (χ0n) is 8.41. The SMILES string of the molecule is Nc1cc(-c2ccc(F)cc2Cl)sc1C(=O)O. The maximum atomic E-state index is 12.9. The Kier molecular flexibility index (Phi) is 3.04. The topological polar surface area (TPSA) is 63.3 Å². The van der Waals surface area contributed by atoms with Crippen LogP contribution in [0.5, 0.6) is 0 Å². The van der Waals surface area contributed by atoms with Crippen LogP contribution in [0.4, 0.5) is 10.1 Å². The molecule has 0 aliphatic rings. The van der Waals surface area contributed by atoms with Crippen molar-refractivity contribution >= 4 is 34.6 Å². The zero-order valence-corrected chi connectivity index (χ0v) is 9.98. The second-order valence-corrected chi connectivity index (χ2v) is 4.78. The van der Waals surface area contributed by atoms with Crippen LogP contribution < -0.4 is 5.73 Å². The average Bonchev–Trinajstić information content (AvgIpc) is 2.60. The molecule has 0 aliphatic carbocycles. The van der Waals surface area contributed by atoms with Gasteiger partial charge in [0.25, 0.3) is 0 Å². The van der Waals surface area contributed by atoms with Crippen molar-refractivity contribution in [3.8, 4) is 10.4 Å². The minimum Gasteiger partial charge on any atom is -0.477 e. The fraction of sp³-hybridized carbons (Fsp3) is 0. The minimum absolute atomic E-state index is 0.0559. The highest BCUT2D eigenvalue weighted by molar-refractivity contribution is 7.18. The molecule has 1 aromatic heterocycles. The van der Waals surface area contributed by atoms with Crippen LogP contribution in [0.15, 0.2) is 24.3 Å². The zero-order chi connectivity index (χ0) is 12.6. The molecule has 88 valence electrons. The predicted octanol–water partition coefficient (Wildman–Crippen LogP) is 3.49. The highest BCUT2D eigenvalue weighted by Crippen LogP contribution is 2.37. The number of anilines is 1. The van der Waals surface area contributed by atoms with Gasteiger partial charge in [-0.15, -0.1) is 11.3 Å². The lowest BCUT2D eigenvalue weighted by atomic mass is 10.2. The standard InChI is InChI=1S/C11H7ClFNO2S/c12-7-3-5(13)1-2-6(7)9-4-8(14)10(17-9)11(15)16/h1-4H,14H2,(H,15,16). The normalized spacial score (nSPS) is 10.5. The van der Waals surface area contributed by atoms with Crippen LogP contribution >= 0.6 is 22.9 Å². The molecule has 6 heteroatoms. The van der Waals surface area contributed by atoms with Gasteiger partial charge in [0.05, 0.1) is 10.7 Å². The molecule has 2 rings (SSSR count). The second-order valence-electron chi connectivity index (χ2n) is 3.32. The summed E-state index contributed by atoms with van der Waals surface area (Å²) in [6, 6.07) is 5.45. The van der Waals surface area contributed by atoms with Gasteiger partial charge < -0.3 is 10.8 Å². The summed E-state index contributed by atoms with van der Waals surface area (Å²) < 4.78 is 12.9. The lowest BCUT2D eigenvalue weighted by molar-refractivity contribution is 0.0703. The summed E-state index contributed by atoms with van der Waals surface area (Å²) in [6.45, 7) is 0. The Hall–Kier alpha value is -1.59. The van der Waals surface area contributed by atoms with E-state index in [9.17, 15) is 9.18 Å².